The maximum Gasteiger partial charge on any atom is 0.300 e. The van der Waals surface area contributed by atoms with Crippen LogP contribution in [0.5, 0.6) is 0 Å². The van der Waals surface area contributed by atoms with Crippen molar-refractivity contribution in [2.24, 2.45) is 0 Å². The van der Waals surface area contributed by atoms with Gasteiger partial charge in [0.15, 0.2) is 0 Å². The number of Topliss-reactive ketones (excluding diaryl/α,β-unsaturated/α-hetero) is 1. The van der Waals surface area contributed by atoms with Crippen LogP contribution in [0.15, 0.2) is 0 Å². The number of hydrogen-bond donors (Lipinski definition) is 1. The molecule has 0 fully saturated rings. The zero-order valence-electron chi connectivity index (χ0n) is 8.83. The Bertz CT molecular complexity index is 149. The van der Waals surface area contributed by atoms with Crippen LogP contribution in [-0.4, -0.2) is 41.4 Å². The second-order valence-corrected chi connectivity index (χ2v) is 2.68. The van der Waals surface area contributed by atoms with Crippen molar-refractivity contribution in [3.05, 3.63) is 0 Å². The third-order valence-electron chi connectivity index (χ3n) is 1.34. The van der Waals surface area contributed by atoms with Gasteiger partial charge >= 0.3 is 0 Å². The lowest BCUT2D eigenvalue weighted by atomic mass is 10.4. The van der Waals surface area contributed by atoms with Crippen LogP contribution in [0.2, 0.25) is 0 Å². The summed E-state index contributed by atoms with van der Waals surface area (Å²) in [6, 6.07) is 0. The van der Waals surface area contributed by atoms with Crippen LogP contribution in [0.4, 0.5) is 0 Å². The number of carbonyl (C=O) groups excluding carboxylic acids is 1. The van der Waals surface area contributed by atoms with Crippen molar-refractivity contribution < 1.29 is 14.7 Å². The summed E-state index contributed by atoms with van der Waals surface area (Å²) in [6.07, 6.45) is 0. The first-order valence-corrected chi connectivity index (χ1v) is 4.35. The molecule has 78 valence electrons. The number of ketones is 1. The second-order valence-electron chi connectivity index (χ2n) is 2.68. The second kappa shape index (κ2) is 9.19. The number of hydrogen-bond acceptors (Lipinski definition) is 3. The molecule has 0 amide bonds. The van der Waals surface area contributed by atoms with Gasteiger partial charge in [0.05, 0.1) is 6.54 Å². The maximum absolute atomic E-state index is 10.5. The molecule has 0 saturated heterocycles. The fourth-order valence-corrected chi connectivity index (χ4v) is 0.762. The Labute approximate surface area is 79.5 Å². The van der Waals surface area contributed by atoms with Crippen molar-refractivity contribution in [1.82, 2.24) is 4.90 Å². The van der Waals surface area contributed by atoms with Crippen molar-refractivity contribution in [1.29, 1.82) is 0 Å². The molecule has 0 aromatic heterocycles. The van der Waals surface area contributed by atoms with Gasteiger partial charge in [-0.25, -0.2) is 0 Å². The van der Waals surface area contributed by atoms with Gasteiger partial charge in [-0.05, 0) is 20.0 Å². The van der Waals surface area contributed by atoms with E-state index >= 15 is 0 Å². The highest BCUT2D eigenvalue weighted by atomic mass is 16.4. The highest BCUT2D eigenvalue weighted by Crippen LogP contribution is 1.85. The van der Waals surface area contributed by atoms with E-state index in [4.69, 9.17) is 9.90 Å². The fraction of sp³-hybridized carbons (Fsp3) is 0.778. The zero-order chi connectivity index (χ0) is 10.9. The molecule has 0 bridgehead atoms. The number of nitrogens with zero attached hydrogens (tertiary/aromatic N) is 1. The van der Waals surface area contributed by atoms with Gasteiger partial charge in [-0.2, -0.15) is 0 Å². The smallest absolute Gasteiger partial charge is 0.300 e. The summed E-state index contributed by atoms with van der Waals surface area (Å²) in [5, 5.41) is 7.42. The molecular formula is C9H19NO3. The third-order valence-corrected chi connectivity index (χ3v) is 1.34. The predicted molar refractivity (Wildman–Crippen MR) is 51.8 cm³/mol. The first-order chi connectivity index (χ1) is 5.93. The summed E-state index contributed by atoms with van der Waals surface area (Å²) in [7, 11) is 0. The van der Waals surface area contributed by atoms with Crippen molar-refractivity contribution in [3.63, 3.8) is 0 Å². The van der Waals surface area contributed by atoms with E-state index in [0.29, 0.717) is 6.54 Å². The summed E-state index contributed by atoms with van der Waals surface area (Å²) in [5.41, 5.74) is 0. The van der Waals surface area contributed by atoms with Crippen LogP contribution < -0.4 is 0 Å². The lowest BCUT2D eigenvalue weighted by Crippen LogP contribution is -2.27. The number of aliphatic carboxylic acids is 1. The van der Waals surface area contributed by atoms with E-state index in [-0.39, 0.29) is 5.78 Å². The molecule has 13 heavy (non-hydrogen) atoms. The van der Waals surface area contributed by atoms with Crippen LogP contribution in [-0.2, 0) is 9.59 Å². The van der Waals surface area contributed by atoms with Gasteiger partial charge < -0.3 is 5.11 Å². The van der Waals surface area contributed by atoms with Crippen LogP contribution in [0, 0.1) is 0 Å². The molecule has 0 aliphatic carbocycles. The van der Waals surface area contributed by atoms with E-state index in [9.17, 15) is 4.79 Å². The van der Waals surface area contributed by atoms with Gasteiger partial charge in [0.1, 0.15) is 5.78 Å². The quantitative estimate of drug-likeness (QED) is 0.717. The van der Waals surface area contributed by atoms with Crippen molar-refractivity contribution in [2.75, 3.05) is 19.6 Å². The fourth-order valence-electron chi connectivity index (χ4n) is 0.762. The molecule has 4 heteroatoms. The lowest BCUT2D eigenvalue weighted by Gasteiger charge is -2.14. The summed E-state index contributed by atoms with van der Waals surface area (Å²) >= 11 is 0. The number of carbonyl (C=O) groups is 2. The normalized spacial score (nSPS) is 9.00. The Morgan fingerprint density at radius 1 is 1.15 bits per heavy atom. The van der Waals surface area contributed by atoms with Gasteiger partial charge in [0.2, 0.25) is 0 Å². The third kappa shape index (κ3) is 18.2. The number of likely N-dealkylation sites (N-methyl/N-ethyl adjacent to an activating group) is 1. The molecule has 0 aromatic carbocycles. The van der Waals surface area contributed by atoms with Crippen LogP contribution in [0.3, 0.4) is 0 Å². The van der Waals surface area contributed by atoms with E-state index in [1.165, 1.54) is 0 Å². The largest absolute Gasteiger partial charge is 0.481 e. The summed E-state index contributed by atoms with van der Waals surface area (Å²) in [5.74, 6) is -0.585. The molecule has 0 unspecified atom stereocenters. The lowest BCUT2D eigenvalue weighted by molar-refractivity contribution is -0.134. The predicted octanol–water partition coefficient (Wildman–Crippen LogP) is 1.01. The standard InChI is InChI=1S/C7H15NO.C2H4O2/c1-4-8(5-2)6-7(3)9;1-2(3)4/h4-6H2,1-3H3;1H3,(H,3,4). The molecule has 0 atom stereocenters. The Morgan fingerprint density at radius 2 is 1.46 bits per heavy atom. The van der Waals surface area contributed by atoms with Gasteiger partial charge in [-0.1, -0.05) is 13.8 Å². The maximum atomic E-state index is 10.5. The summed E-state index contributed by atoms with van der Waals surface area (Å²) < 4.78 is 0. The molecule has 0 saturated carbocycles. The molecule has 4 nitrogen and oxygen atoms in total. The number of carboxylic acids is 1. The molecule has 0 rings (SSSR count). The van der Waals surface area contributed by atoms with Crippen LogP contribution in [0.1, 0.15) is 27.7 Å². The Kier molecular flexibility index (Phi) is 10.3. The molecule has 0 heterocycles. The number of carboxylic acid groups (broad SMARTS) is 1. The minimum atomic E-state index is -0.833. The highest BCUT2D eigenvalue weighted by Gasteiger charge is 1.99. The van der Waals surface area contributed by atoms with Crippen molar-refractivity contribution >= 4 is 11.8 Å². The minimum Gasteiger partial charge on any atom is -0.481 e. The van der Waals surface area contributed by atoms with Crippen LogP contribution >= 0.6 is 0 Å². The first kappa shape index (κ1) is 14.6. The minimum absolute atomic E-state index is 0.249. The monoisotopic (exact) mass is 189 g/mol. The van der Waals surface area contributed by atoms with Gasteiger partial charge in [0, 0.05) is 6.92 Å². The van der Waals surface area contributed by atoms with E-state index in [0.717, 1.165) is 20.0 Å². The summed E-state index contributed by atoms with van der Waals surface area (Å²) in [4.78, 5) is 21.6. The Morgan fingerprint density at radius 3 is 1.54 bits per heavy atom. The van der Waals surface area contributed by atoms with Gasteiger partial charge in [-0.3, -0.25) is 14.5 Å². The first-order valence-electron chi connectivity index (χ1n) is 4.35. The summed E-state index contributed by atoms with van der Waals surface area (Å²) in [6.45, 7) is 9.37. The molecule has 0 aliphatic rings. The van der Waals surface area contributed by atoms with E-state index in [1.54, 1.807) is 6.92 Å². The van der Waals surface area contributed by atoms with E-state index in [1.807, 2.05) is 0 Å². The van der Waals surface area contributed by atoms with E-state index in [2.05, 4.69) is 18.7 Å². The molecule has 0 aliphatic heterocycles. The molecule has 1 N–H and O–H groups in total. The van der Waals surface area contributed by atoms with Gasteiger partial charge in [-0.15, -0.1) is 0 Å². The van der Waals surface area contributed by atoms with E-state index < -0.39 is 5.97 Å². The highest BCUT2D eigenvalue weighted by molar-refractivity contribution is 5.77. The average Bonchev–Trinajstić information content (AvgIpc) is 1.98. The molecule has 0 spiro atoms. The van der Waals surface area contributed by atoms with Crippen molar-refractivity contribution in [2.45, 2.75) is 27.7 Å². The topological polar surface area (TPSA) is 57.6 Å². The average molecular weight is 189 g/mol. The SMILES string of the molecule is CC(=O)O.CCN(CC)CC(C)=O. The molecule has 0 aromatic rings. The zero-order valence-corrected chi connectivity index (χ0v) is 8.83. The molecule has 0 radical (unpaired) electrons. The molecular weight excluding hydrogens is 170 g/mol. The van der Waals surface area contributed by atoms with Gasteiger partial charge in [0.25, 0.3) is 5.97 Å². The Balaban J connectivity index is 0. The van der Waals surface area contributed by atoms with Crippen molar-refractivity contribution in [3.8, 4) is 0 Å². The van der Waals surface area contributed by atoms with Crippen LogP contribution in [0.25, 0.3) is 0 Å². The number of rotatable bonds is 4. The Hall–Kier alpha value is -0.900.